The zero-order chi connectivity index (χ0) is 13.4. The Bertz CT molecular complexity index is 505. The zero-order valence-corrected chi connectivity index (χ0v) is 10.4. The topological polar surface area (TPSA) is 85.0 Å². The van der Waals surface area contributed by atoms with Crippen LogP contribution in [0.2, 0.25) is 0 Å². The van der Waals surface area contributed by atoms with Crippen molar-refractivity contribution in [3.05, 3.63) is 18.2 Å². The predicted octanol–water partition coefficient (Wildman–Crippen LogP) is 0.653. The molecule has 6 heteroatoms. The van der Waals surface area contributed by atoms with Crippen molar-refractivity contribution in [3.63, 3.8) is 0 Å². The molecule has 1 saturated heterocycles. The van der Waals surface area contributed by atoms with Gasteiger partial charge in [0.1, 0.15) is 6.04 Å². The van der Waals surface area contributed by atoms with Crippen LogP contribution in [-0.2, 0) is 4.79 Å². The fourth-order valence-electron chi connectivity index (χ4n) is 2.60. The lowest BCUT2D eigenvalue weighted by atomic mass is 10.0. The van der Waals surface area contributed by atoms with Gasteiger partial charge in [0.2, 0.25) is 6.79 Å². The summed E-state index contributed by atoms with van der Waals surface area (Å²) in [5.41, 5.74) is 6.70. The van der Waals surface area contributed by atoms with Crippen LogP contribution in [-0.4, -0.2) is 37.0 Å². The Hall–Kier alpha value is -1.95. The van der Waals surface area contributed by atoms with E-state index in [2.05, 4.69) is 4.90 Å². The average Bonchev–Trinajstić information content (AvgIpc) is 3.05. The Morgan fingerprint density at radius 2 is 2.21 bits per heavy atom. The SMILES string of the molecule is NC(C(=O)O)C1CCN(c2ccc3c(c2)OCO3)C1. The van der Waals surface area contributed by atoms with Crippen molar-refractivity contribution in [1.82, 2.24) is 0 Å². The molecule has 3 rings (SSSR count). The lowest BCUT2D eigenvalue weighted by Crippen LogP contribution is -2.39. The molecule has 0 aliphatic carbocycles. The maximum atomic E-state index is 10.9. The third-order valence-corrected chi connectivity index (χ3v) is 3.74. The highest BCUT2D eigenvalue weighted by molar-refractivity contribution is 5.74. The van der Waals surface area contributed by atoms with Gasteiger partial charge >= 0.3 is 5.97 Å². The molecule has 1 fully saturated rings. The van der Waals surface area contributed by atoms with Crippen LogP contribution >= 0.6 is 0 Å². The van der Waals surface area contributed by atoms with Gasteiger partial charge in [-0.3, -0.25) is 4.79 Å². The fourth-order valence-corrected chi connectivity index (χ4v) is 2.60. The molecule has 0 aromatic heterocycles. The summed E-state index contributed by atoms with van der Waals surface area (Å²) in [6, 6.07) is 4.97. The van der Waals surface area contributed by atoms with Crippen LogP contribution in [0, 0.1) is 5.92 Å². The minimum absolute atomic E-state index is 0.0112. The molecule has 6 nitrogen and oxygen atoms in total. The van der Waals surface area contributed by atoms with E-state index in [1.165, 1.54) is 0 Å². The van der Waals surface area contributed by atoms with Gasteiger partial charge in [0.25, 0.3) is 0 Å². The average molecular weight is 264 g/mol. The molecule has 2 atom stereocenters. The summed E-state index contributed by atoms with van der Waals surface area (Å²) >= 11 is 0. The van der Waals surface area contributed by atoms with Crippen molar-refractivity contribution in [2.45, 2.75) is 12.5 Å². The number of anilines is 1. The first-order chi connectivity index (χ1) is 9.15. The first-order valence-electron chi connectivity index (χ1n) is 6.28. The van der Waals surface area contributed by atoms with E-state index in [9.17, 15) is 4.79 Å². The monoisotopic (exact) mass is 264 g/mol. The van der Waals surface area contributed by atoms with Gasteiger partial charge in [-0.1, -0.05) is 0 Å². The van der Waals surface area contributed by atoms with E-state index >= 15 is 0 Å². The number of fused-ring (bicyclic) bond motifs is 1. The van der Waals surface area contributed by atoms with Crippen LogP contribution in [0.15, 0.2) is 18.2 Å². The van der Waals surface area contributed by atoms with E-state index in [0.717, 1.165) is 30.2 Å². The molecule has 0 amide bonds. The summed E-state index contributed by atoms with van der Waals surface area (Å²) < 4.78 is 10.6. The van der Waals surface area contributed by atoms with E-state index < -0.39 is 12.0 Å². The lowest BCUT2D eigenvalue weighted by Gasteiger charge is -2.20. The molecular weight excluding hydrogens is 248 g/mol. The smallest absolute Gasteiger partial charge is 0.320 e. The van der Waals surface area contributed by atoms with Gasteiger partial charge in [0.05, 0.1) is 0 Å². The second kappa shape index (κ2) is 4.62. The van der Waals surface area contributed by atoms with Gasteiger partial charge < -0.3 is 25.2 Å². The molecule has 2 aliphatic rings. The molecule has 0 spiro atoms. The molecule has 2 aliphatic heterocycles. The number of nitrogens with zero attached hydrogens (tertiary/aromatic N) is 1. The molecule has 2 unspecified atom stereocenters. The fraction of sp³-hybridized carbons (Fsp3) is 0.462. The number of carbonyl (C=O) groups is 1. The third-order valence-electron chi connectivity index (χ3n) is 3.74. The van der Waals surface area contributed by atoms with Crippen molar-refractivity contribution >= 4 is 11.7 Å². The van der Waals surface area contributed by atoms with Crippen molar-refractivity contribution in [2.75, 3.05) is 24.8 Å². The number of hydrogen-bond acceptors (Lipinski definition) is 5. The second-order valence-corrected chi connectivity index (χ2v) is 4.90. The standard InChI is InChI=1S/C13H16N2O4/c14-12(13(16)17)8-3-4-15(6-8)9-1-2-10-11(5-9)19-7-18-10/h1-2,5,8,12H,3-4,6-7,14H2,(H,16,17). The number of benzene rings is 1. The van der Waals surface area contributed by atoms with Crippen LogP contribution in [0.4, 0.5) is 5.69 Å². The van der Waals surface area contributed by atoms with E-state index in [1.54, 1.807) is 0 Å². The van der Waals surface area contributed by atoms with Crippen molar-refractivity contribution in [1.29, 1.82) is 0 Å². The van der Waals surface area contributed by atoms with Gasteiger partial charge in [-0.15, -0.1) is 0 Å². The normalized spacial score (nSPS) is 22.6. The van der Waals surface area contributed by atoms with E-state index in [0.29, 0.717) is 6.54 Å². The predicted molar refractivity (Wildman–Crippen MR) is 68.5 cm³/mol. The summed E-state index contributed by atoms with van der Waals surface area (Å²) in [5, 5.41) is 8.95. The van der Waals surface area contributed by atoms with Crippen LogP contribution < -0.4 is 20.1 Å². The van der Waals surface area contributed by atoms with Crippen LogP contribution in [0.3, 0.4) is 0 Å². The number of aliphatic carboxylic acids is 1. The van der Waals surface area contributed by atoms with Crippen LogP contribution in [0.1, 0.15) is 6.42 Å². The highest BCUT2D eigenvalue weighted by atomic mass is 16.7. The van der Waals surface area contributed by atoms with Gasteiger partial charge in [-0.25, -0.2) is 0 Å². The van der Waals surface area contributed by atoms with Gasteiger partial charge in [0, 0.05) is 30.8 Å². The van der Waals surface area contributed by atoms with Crippen LogP contribution in [0.5, 0.6) is 11.5 Å². The van der Waals surface area contributed by atoms with Crippen molar-refractivity contribution in [3.8, 4) is 11.5 Å². The second-order valence-electron chi connectivity index (χ2n) is 4.90. The molecule has 0 bridgehead atoms. The minimum Gasteiger partial charge on any atom is -0.480 e. The van der Waals surface area contributed by atoms with Crippen molar-refractivity contribution in [2.24, 2.45) is 11.7 Å². The molecule has 102 valence electrons. The third kappa shape index (κ3) is 2.19. The quantitative estimate of drug-likeness (QED) is 0.834. The molecule has 1 aromatic rings. The number of ether oxygens (including phenoxy) is 2. The first kappa shape index (κ1) is 12.1. The Balaban J connectivity index is 1.73. The summed E-state index contributed by atoms with van der Waals surface area (Å²) in [6.07, 6.45) is 0.794. The van der Waals surface area contributed by atoms with Gasteiger partial charge in [-0.05, 0) is 18.6 Å². The Kier molecular flexibility index (Phi) is 2.94. The van der Waals surface area contributed by atoms with Crippen molar-refractivity contribution < 1.29 is 19.4 Å². The molecule has 0 radical (unpaired) electrons. The molecule has 3 N–H and O–H groups in total. The lowest BCUT2D eigenvalue weighted by molar-refractivity contribution is -0.139. The minimum atomic E-state index is -0.933. The Morgan fingerprint density at radius 1 is 1.42 bits per heavy atom. The number of carboxylic acids is 1. The number of carboxylic acid groups (broad SMARTS) is 1. The molecule has 2 heterocycles. The Labute approximate surface area is 110 Å². The maximum absolute atomic E-state index is 10.9. The first-order valence-corrected chi connectivity index (χ1v) is 6.28. The Morgan fingerprint density at radius 3 is 3.00 bits per heavy atom. The van der Waals surface area contributed by atoms with E-state index in [4.69, 9.17) is 20.3 Å². The number of hydrogen-bond donors (Lipinski definition) is 2. The van der Waals surface area contributed by atoms with Crippen LogP contribution in [0.25, 0.3) is 0 Å². The molecular formula is C13H16N2O4. The highest BCUT2D eigenvalue weighted by Crippen LogP contribution is 2.37. The van der Waals surface area contributed by atoms with Gasteiger partial charge in [0.15, 0.2) is 11.5 Å². The largest absolute Gasteiger partial charge is 0.480 e. The number of rotatable bonds is 3. The summed E-state index contributed by atoms with van der Waals surface area (Å²) in [6.45, 7) is 1.73. The number of nitrogens with two attached hydrogens (primary N) is 1. The summed E-state index contributed by atoms with van der Waals surface area (Å²) in [4.78, 5) is 13.0. The molecule has 0 saturated carbocycles. The highest BCUT2D eigenvalue weighted by Gasteiger charge is 2.31. The summed E-state index contributed by atoms with van der Waals surface area (Å²) in [5.74, 6) is 0.547. The molecule has 19 heavy (non-hydrogen) atoms. The summed E-state index contributed by atoms with van der Waals surface area (Å²) in [7, 11) is 0. The van der Waals surface area contributed by atoms with E-state index in [-0.39, 0.29) is 12.7 Å². The van der Waals surface area contributed by atoms with Gasteiger partial charge in [-0.2, -0.15) is 0 Å². The molecule has 1 aromatic carbocycles. The zero-order valence-electron chi connectivity index (χ0n) is 10.4. The maximum Gasteiger partial charge on any atom is 0.320 e. The van der Waals surface area contributed by atoms with E-state index in [1.807, 2.05) is 18.2 Å².